The Hall–Kier alpha value is -1.66. The highest BCUT2D eigenvalue weighted by Crippen LogP contribution is 2.25. The molecule has 0 amide bonds. The first kappa shape index (κ1) is 10.4. The Labute approximate surface area is 83.8 Å². The van der Waals surface area contributed by atoms with Crippen LogP contribution in [0.4, 0.5) is 0 Å². The molecule has 1 aromatic rings. The van der Waals surface area contributed by atoms with Gasteiger partial charge >= 0.3 is 0 Å². The van der Waals surface area contributed by atoms with Crippen molar-refractivity contribution in [2.45, 2.75) is 6.04 Å². The maximum atomic E-state index is 5.69. The molecule has 3 heteroatoms. The summed E-state index contributed by atoms with van der Waals surface area (Å²) in [6.45, 7) is 0. The van der Waals surface area contributed by atoms with E-state index in [9.17, 15) is 0 Å². The molecule has 1 aromatic carbocycles. The first-order valence-electron chi connectivity index (χ1n) is 4.16. The molecule has 1 atom stereocenters. The van der Waals surface area contributed by atoms with Crippen molar-refractivity contribution in [3.63, 3.8) is 0 Å². The summed E-state index contributed by atoms with van der Waals surface area (Å²) in [5, 5.41) is 0. The number of terminal acetylenes is 1. The zero-order valence-corrected chi connectivity index (χ0v) is 8.28. The van der Waals surface area contributed by atoms with E-state index in [2.05, 4.69) is 5.92 Å². The Bertz CT molecular complexity index is 333. The smallest absolute Gasteiger partial charge is 0.122 e. The van der Waals surface area contributed by atoms with E-state index in [4.69, 9.17) is 21.6 Å². The summed E-state index contributed by atoms with van der Waals surface area (Å²) in [5.74, 6) is 3.82. The Balaban J connectivity index is 3.12. The average Bonchev–Trinajstić information content (AvgIpc) is 2.27. The lowest BCUT2D eigenvalue weighted by Crippen LogP contribution is -2.07. The summed E-state index contributed by atoms with van der Waals surface area (Å²) < 4.78 is 10.2. The molecule has 3 nitrogen and oxygen atoms in total. The van der Waals surface area contributed by atoms with Crippen LogP contribution in [-0.4, -0.2) is 14.2 Å². The van der Waals surface area contributed by atoms with Crippen LogP contribution in [0.15, 0.2) is 18.2 Å². The van der Waals surface area contributed by atoms with E-state index in [1.165, 1.54) is 0 Å². The van der Waals surface area contributed by atoms with Crippen molar-refractivity contribution < 1.29 is 9.47 Å². The Kier molecular flexibility index (Phi) is 3.38. The second kappa shape index (κ2) is 4.54. The highest BCUT2D eigenvalue weighted by atomic mass is 16.5. The van der Waals surface area contributed by atoms with Crippen LogP contribution in [0.25, 0.3) is 0 Å². The molecule has 0 aliphatic carbocycles. The minimum atomic E-state index is -0.431. The molecule has 0 spiro atoms. The number of ether oxygens (including phenoxy) is 2. The minimum absolute atomic E-state index is 0.431. The molecular weight excluding hydrogens is 178 g/mol. The van der Waals surface area contributed by atoms with Crippen LogP contribution in [0.5, 0.6) is 11.5 Å². The molecule has 0 bridgehead atoms. The van der Waals surface area contributed by atoms with Gasteiger partial charge in [-0.3, -0.25) is 0 Å². The zero-order chi connectivity index (χ0) is 10.6. The van der Waals surface area contributed by atoms with Gasteiger partial charge in [0.15, 0.2) is 0 Å². The fourth-order valence-corrected chi connectivity index (χ4v) is 1.11. The standard InChI is InChI=1S/C11H13NO2/c1-4-11(12)8-5-9(13-2)7-10(6-8)14-3/h1,5-7,11H,12H2,2-3H3. The van der Waals surface area contributed by atoms with Crippen molar-refractivity contribution in [1.82, 2.24) is 0 Å². The molecule has 0 aromatic heterocycles. The summed E-state index contributed by atoms with van der Waals surface area (Å²) in [7, 11) is 3.17. The molecule has 0 radical (unpaired) electrons. The van der Waals surface area contributed by atoms with Gasteiger partial charge in [0.2, 0.25) is 0 Å². The number of methoxy groups -OCH3 is 2. The number of benzene rings is 1. The number of hydrogen-bond acceptors (Lipinski definition) is 3. The molecule has 0 heterocycles. The monoisotopic (exact) mass is 191 g/mol. The second-order valence-corrected chi connectivity index (χ2v) is 2.79. The lowest BCUT2D eigenvalue weighted by molar-refractivity contribution is 0.393. The van der Waals surface area contributed by atoms with Crippen molar-refractivity contribution in [3.05, 3.63) is 23.8 Å². The summed E-state index contributed by atoms with van der Waals surface area (Å²) >= 11 is 0. The first-order chi connectivity index (χ1) is 6.71. The summed E-state index contributed by atoms with van der Waals surface area (Å²) in [4.78, 5) is 0. The van der Waals surface area contributed by atoms with Crippen LogP contribution in [0.2, 0.25) is 0 Å². The minimum Gasteiger partial charge on any atom is -0.497 e. The van der Waals surface area contributed by atoms with E-state index >= 15 is 0 Å². The Morgan fingerprint density at radius 3 is 2.07 bits per heavy atom. The number of rotatable bonds is 3. The molecule has 2 N–H and O–H groups in total. The van der Waals surface area contributed by atoms with Crippen molar-refractivity contribution in [2.24, 2.45) is 5.73 Å². The fraction of sp³-hybridized carbons (Fsp3) is 0.273. The van der Waals surface area contributed by atoms with Crippen molar-refractivity contribution in [1.29, 1.82) is 0 Å². The van der Waals surface area contributed by atoms with Gasteiger partial charge in [-0.1, -0.05) is 5.92 Å². The van der Waals surface area contributed by atoms with Gasteiger partial charge in [-0.2, -0.15) is 0 Å². The normalized spacial score (nSPS) is 11.6. The van der Waals surface area contributed by atoms with E-state index in [0.717, 1.165) is 5.56 Å². The SMILES string of the molecule is C#CC(N)c1cc(OC)cc(OC)c1. The summed E-state index contributed by atoms with van der Waals surface area (Å²) in [6, 6.07) is 4.94. The summed E-state index contributed by atoms with van der Waals surface area (Å²) in [5.41, 5.74) is 6.50. The van der Waals surface area contributed by atoms with Crippen LogP contribution in [0.3, 0.4) is 0 Å². The molecule has 74 valence electrons. The van der Waals surface area contributed by atoms with E-state index < -0.39 is 6.04 Å². The molecule has 0 saturated heterocycles. The first-order valence-corrected chi connectivity index (χ1v) is 4.16. The van der Waals surface area contributed by atoms with E-state index in [1.807, 2.05) is 0 Å². The Morgan fingerprint density at radius 1 is 1.21 bits per heavy atom. The van der Waals surface area contributed by atoms with Crippen molar-refractivity contribution >= 4 is 0 Å². The van der Waals surface area contributed by atoms with E-state index in [-0.39, 0.29) is 0 Å². The van der Waals surface area contributed by atoms with Gasteiger partial charge in [-0.05, 0) is 17.7 Å². The number of hydrogen-bond donors (Lipinski definition) is 1. The Morgan fingerprint density at radius 2 is 1.71 bits per heavy atom. The topological polar surface area (TPSA) is 44.5 Å². The van der Waals surface area contributed by atoms with Gasteiger partial charge in [0.05, 0.1) is 20.3 Å². The van der Waals surface area contributed by atoms with Crippen molar-refractivity contribution in [2.75, 3.05) is 14.2 Å². The highest BCUT2D eigenvalue weighted by molar-refractivity contribution is 5.41. The molecule has 14 heavy (non-hydrogen) atoms. The zero-order valence-electron chi connectivity index (χ0n) is 8.28. The average molecular weight is 191 g/mol. The predicted octanol–water partition coefficient (Wildman–Crippen LogP) is 1.34. The van der Waals surface area contributed by atoms with Gasteiger partial charge in [-0.15, -0.1) is 6.42 Å². The van der Waals surface area contributed by atoms with Gasteiger partial charge in [-0.25, -0.2) is 0 Å². The molecule has 0 saturated carbocycles. The molecule has 1 rings (SSSR count). The number of nitrogens with two attached hydrogens (primary N) is 1. The molecular formula is C11H13NO2. The largest absolute Gasteiger partial charge is 0.497 e. The molecule has 0 aliphatic rings. The molecule has 0 fully saturated rings. The fourth-order valence-electron chi connectivity index (χ4n) is 1.11. The summed E-state index contributed by atoms with van der Waals surface area (Å²) in [6.07, 6.45) is 5.23. The van der Waals surface area contributed by atoms with Crippen LogP contribution in [0, 0.1) is 12.3 Å². The van der Waals surface area contributed by atoms with Crippen LogP contribution in [-0.2, 0) is 0 Å². The van der Waals surface area contributed by atoms with Gasteiger partial charge in [0, 0.05) is 6.07 Å². The van der Waals surface area contributed by atoms with Crippen LogP contribution in [0.1, 0.15) is 11.6 Å². The third-order valence-electron chi connectivity index (χ3n) is 1.91. The van der Waals surface area contributed by atoms with Crippen LogP contribution >= 0.6 is 0 Å². The van der Waals surface area contributed by atoms with Gasteiger partial charge in [0.1, 0.15) is 11.5 Å². The molecule has 1 unspecified atom stereocenters. The highest BCUT2D eigenvalue weighted by Gasteiger charge is 2.06. The van der Waals surface area contributed by atoms with Gasteiger partial charge < -0.3 is 15.2 Å². The maximum absolute atomic E-state index is 5.69. The van der Waals surface area contributed by atoms with Crippen LogP contribution < -0.4 is 15.2 Å². The molecule has 0 aliphatic heterocycles. The lowest BCUT2D eigenvalue weighted by Gasteiger charge is -2.10. The quantitative estimate of drug-likeness (QED) is 0.733. The predicted molar refractivity (Wildman–Crippen MR) is 55.3 cm³/mol. The van der Waals surface area contributed by atoms with E-state index in [0.29, 0.717) is 11.5 Å². The van der Waals surface area contributed by atoms with E-state index in [1.54, 1.807) is 32.4 Å². The maximum Gasteiger partial charge on any atom is 0.122 e. The van der Waals surface area contributed by atoms with Crippen molar-refractivity contribution in [3.8, 4) is 23.8 Å². The second-order valence-electron chi connectivity index (χ2n) is 2.79. The van der Waals surface area contributed by atoms with Gasteiger partial charge in [0.25, 0.3) is 0 Å². The third kappa shape index (κ3) is 2.18. The third-order valence-corrected chi connectivity index (χ3v) is 1.91. The lowest BCUT2D eigenvalue weighted by atomic mass is 10.1.